The Bertz CT molecular complexity index is 873. The first-order chi connectivity index (χ1) is 13.3. The summed E-state index contributed by atoms with van der Waals surface area (Å²) in [4.78, 5) is 14.9. The molecule has 0 bridgehead atoms. The average molecular weight is 383 g/mol. The second-order valence-electron chi connectivity index (χ2n) is 8.56. The molecule has 1 aromatic heterocycles. The molecule has 2 aliphatic rings. The molecule has 0 atom stereocenters. The van der Waals surface area contributed by atoms with Gasteiger partial charge in [0.25, 0.3) is 5.91 Å². The number of nitrogens with two attached hydrogens (primary N) is 1. The molecule has 3 N–H and O–H groups in total. The summed E-state index contributed by atoms with van der Waals surface area (Å²) >= 11 is 0. The summed E-state index contributed by atoms with van der Waals surface area (Å²) in [5, 5.41) is 7.48. The fourth-order valence-corrected chi connectivity index (χ4v) is 4.71. The number of nitrogens with zero attached hydrogens (tertiary/aromatic N) is 3. The number of nitrogens with one attached hydrogen (secondary N) is 1. The zero-order chi connectivity index (χ0) is 20.1. The van der Waals surface area contributed by atoms with Crippen molar-refractivity contribution in [3.63, 3.8) is 0 Å². The Morgan fingerprint density at radius 3 is 2.46 bits per heavy atom. The van der Waals surface area contributed by atoms with Gasteiger partial charge in [0.15, 0.2) is 0 Å². The van der Waals surface area contributed by atoms with Gasteiger partial charge in [0, 0.05) is 25.7 Å². The van der Waals surface area contributed by atoms with Crippen molar-refractivity contribution in [3.8, 4) is 17.0 Å². The lowest BCUT2D eigenvalue weighted by Gasteiger charge is -2.58. The Balaban J connectivity index is 1.64. The molecule has 1 amide bonds. The van der Waals surface area contributed by atoms with E-state index < -0.39 is 0 Å². The summed E-state index contributed by atoms with van der Waals surface area (Å²) in [7, 11) is 3.76. The van der Waals surface area contributed by atoms with Gasteiger partial charge in [-0.3, -0.25) is 4.79 Å². The van der Waals surface area contributed by atoms with E-state index in [1.54, 1.807) is 7.05 Å². The number of ether oxygens (including phenoxy) is 1. The molecule has 1 spiro atoms. The molecule has 28 heavy (non-hydrogen) atoms. The minimum absolute atomic E-state index is 0.110. The highest BCUT2D eigenvalue weighted by atomic mass is 16.5. The van der Waals surface area contributed by atoms with Gasteiger partial charge in [-0.2, -0.15) is 5.10 Å². The highest BCUT2D eigenvalue weighted by Crippen LogP contribution is 2.54. The molecule has 1 aliphatic heterocycles. The van der Waals surface area contributed by atoms with Crippen LogP contribution in [0.25, 0.3) is 11.3 Å². The predicted molar refractivity (Wildman–Crippen MR) is 109 cm³/mol. The number of anilines is 1. The molecular weight excluding hydrogens is 354 g/mol. The standard InChI is InChI=1S/C21H29N5O2/c1-13(2)28-16-7-5-14(6-8-16)18-17(20(27)23-3)19(22)26(24-18)15-9-21(10-15)11-25(4)12-21/h5-8,13,15H,9-12,22H2,1-4H3,(H,23,27). The molecule has 4 rings (SSSR count). The van der Waals surface area contributed by atoms with Crippen LogP contribution in [0.3, 0.4) is 0 Å². The van der Waals surface area contributed by atoms with Crippen LogP contribution >= 0.6 is 0 Å². The number of rotatable bonds is 5. The summed E-state index contributed by atoms with van der Waals surface area (Å²) in [6.07, 6.45) is 2.24. The van der Waals surface area contributed by atoms with E-state index in [-0.39, 0.29) is 18.1 Å². The lowest BCUT2D eigenvalue weighted by molar-refractivity contribution is -0.0780. The summed E-state index contributed by atoms with van der Waals surface area (Å²) in [5.41, 5.74) is 8.76. The fourth-order valence-electron chi connectivity index (χ4n) is 4.71. The smallest absolute Gasteiger partial charge is 0.257 e. The minimum atomic E-state index is -0.210. The maximum absolute atomic E-state index is 12.5. The number of carbonyl (C=O) groups excluding carboxylic acids is 1. The lowest BCUT2D eigenvalue weighted by Crippen LogP contribution is -2.60. The molecule has 7 nitrogen and oxygen atoms in total. The molecule has 2 fully saturated rings. The summed E-state index contributed by atoms with van der Waals surface area (Å²) in [6, 6.07) is 7.93. The molecule has 150 valence electrons. The topological polar surface area (TPSA) is 85.4 Å². The van der Waals surface area contributed by atoms with Crippen molar-refractivity contribution in [2.45, 2.75) is 38.8 Å². The van der Waals surface area contributed by atoms with Gasteiger partial charge in [0.2, 0.25) is 0 Å². The molecular formula is C21H29N5O2. The van der Waals surface area contributed by atoms with E-state index in [0.717, 1.165) is 37.2 Å². The predicted octanol–water partition coefficient (Wildman–Crippen LogP) is 2.55. The van der Waals surface area contributed by atoms with Crippen molar-refractivity contribution in [1.82, 2.24) is 20.0 Å². The molecule has 2 heterocycles. The van der Waals surface area contributed by atoms with Crippen molar-refractivity contribution in [1.29, 1.82) is 0 Å². The zero-order valence-electron chi connectivity index (χ0n) is 17.0. The second kappa shape index (κ2) is 6.81. The monoisotopic (exact) mass is 383 g/mol. The number of carbonyl (C=O) groups is 1. The lowest BCUT2D eigenvalue weighted by atomic mass is 9.61. The average Bonchev–Trinajstić information content (AvgIpc) is 2.93. The van der Waals surface area contributed by atoms with Crippen molar-refractivity contribution in [2.75, 3.05) is 32.9 Å². The van der Waals surface area contributed by atoms with Crippen LogP contribution in [0.1, 0.15) is 43.1 Å². The first kappa shape index (κ1) is 18.8. The zero-order valence-corrected chi connectivity index (χ0v) is 17.0. The van der Waals surface area contributed by atoms with Gasteiger partial charge in [-0.1, -0.05) is 0 Å². The van der Waals surface area contributed by atoms with Gasteiger partial charge in [-0.15, -0.1) is 0 Å². The number of aromatic nitrogens is 2. The van der Waals surface area contributed by atoms with Crippen LogP contribution in [0.2, 0.25) is 0 Å². The number of likely N-dealkylation sites (tertiary alicyclic amines) is 1. The summed E-state index contributed by atoms with van der Waals surface area (Å²) in [5.74, 6) is 1.03. The van der Waals surface area contributed by atoms with Gasteiger partial charge in [0.05, 0.1) is 12.1 Å². The molecule has 0 radical (unpaired) electrons. The highest BCUT2D eigenvalue weighted by molar-refractivity contribution is 6.04. The molecule has 2 aromatic rings. The van der Waals surface area contributed by atoms with E-state index >= 15 is 0 Å². The van der Waals surface area contributed by atoms with Gasteiger partial charge >= 0.3 is 0 Å². The van der Waals surface area contributed by atoms with Crippen LogP contribution in [-0.4, -0.2) is 53.9 Å². The van der Waals surface area contributed by atoms with Crippen LogP contribution in [0.5, 0.6) is 5.75 Å². The van der Waals surface area contributed by atoms with E-state index in [1.807, 2.05) is 42.8 Å². The van der Waals surface area contributed by atoms with Gasteiger partial charge in [-0.25, -0.2) is 4.68 Å². The third-order valence-electron chi connectivity index (χ3n) is 5.79. The number of benzene rings is 1. The van der Waals surface area contributed by atoms with Crippen LogP contribution < -0.4 is 15.8 Å². The number of hydrogen-bond acceptors (Lipinski definition) is 5. The summed E-state index contributed by atoms with van der Waals surface area (Å²) < 4.78 is 7.58. The van der Waals surface area contributed by atoms with E-state index in [4.69, 9.17) is 15.6 Å². The third kappa shape index (κ3) is 3.13. The minimum Gasteiger partial charge on any atom is -0.491 e. The molecule has 0 unspecified atom stereocenters. The highest BCUT2D eigenvalue weighted by Gasteiger charge is 2.52. The maximum atomic E-state index is 12.5. The van der Waals surface area contributed by atoms with Crippen molar-refractivity contribution >= 4 is 11.7 Å². The molecule has 1 aromatic carbocycles. The Kier molecular flexibility index (Phi) is 4.57. The Morgan fingerprint density at radius 1 is 1.29 bits per heavy atom. The Labute approximate surface area is 165 Å². The van der Waals surface area contributed by atoms with Crippen molar-refractivity contribution < 1.29 is 9.53 Å². The van der Waals surface area contributed by atoms with Crippen molar-refractivity contribution in [2.24, 2.45) is 5.41 Å². The second-order valence-corrected chi connectivity index (χ2v) is 8.56. The largest absolute Gasteiger partial charge is 0.491 e. The Hall–Kier alpha value is -2.54. The van der Waals surface area contributed by atoms with E-state index in [1.165, 1.54) is 0 Å². The van der Waals surface area contributed by atoms with Crippen LogP contribution in [0, 0.1) is 5.41 Å². The number of hydrogen-bond donors (Lipinski definition) is 2. The molecule has 1 aliphatic carbocycles. The Morgan fingerprint density at radius 2 is 1.93 bits per heavy atom. The summed E-state index contributed by atoms with van der Waals surface area (Å²) in [6.45, 7) is 6.25. The molecule has 1 saturated carbocycles. The quantitative estimate of drug-likeness (QED) is 0.829. The van der Waals surface area contributed by atoms with Crippen LogP contribution in [-0.2, 0) is 0 Å². The van der Waals surface area contributed by atoms with Gasteiger partial charge in [0.1, 0.15) is 22.8 Å². The van der Waals surface area contributed by atoms with Gasteiger partial charge in [-0.05, 0) is 63.4 Å². The van der Waals surface area contributed by atoms with Crippen LogP contribution in [0.4, 0.5) is 5.82 Å². The molecule has 7 heteroatoms. The normalized spacial score (nSPS) is 18.8. The molecule has 1 saturated heterocycles. The fraction of sp³-hybridized carbons (Fsp3) is 0.524. The number of nitrogen functional groups attached to an aromatic ring is 1. The first-order valence-corrected chi connectivity index (χ1v) is 9.87. The van der Waals surface area contributed by atoms with E-state index in [2.05, 4.69) is 17.3 Å². The SMILES string of the molecule is CNC(=O)c1c(-c2ccc(OC(C)C)cc2)nn(C2CC3(C2)CN(C)C3)c1N. The van der Waals surface area contributed by atoms with Crippen LogP contribution in [0.15, 0.2) is 24.3 Å². The number of amides is 1. The van der Waals surface area contributed by atoms with E-state index in [9.17, 15) is 4.79 Å². The third-order valence-corrected chi connectivity index (χ3v) is 5.79. The van der Waals surface area contributed by atoms with Gasteiger partial charge < -0.3 is 20.7 Å². The first-order valence-electron chi connectivity index (χ1n) is 9.87. The van der Waals surface area contributed by atoms with E-state index in [0.29, 0.717) is 22.5 Å². The maximum Gasteiger partial charge on any atom is 0.257 e. The van der Waals surface area contributed by atoms with Crippen molar-refractivity contribution in [3.05, 3.63) is 29.8 Å².